The number of nitrogens with one attached hydrogen (secondary N) is 2. The van der Waals surface area contributed by atoms with Gasteiger partial charge in [0.25, 0.3) is 0 Å². The van der Waals surface area contributed by atoms with E-state index in [0.717, 1.165) is 18.3 Å². The van der Waals surface area contributed by atoms with Crippen molar-refractivity contribution in [1.29, 1.82) is 0 Å². The standard InChI is InChI=1S/C13H23N3/c1-2-11-4-3-5-12(7-6-11)16-10-13-14-8-9-15-13/h8-9,11-12,16H,2-7,10H2,1H3,(H,14,15). The quantitative estimate of drug-likeness (QED) is 0.768. The zero-order valence-corrected chi connectivity index (χ0v) is 10.2. The molecule has 1 aliphatic carbocycles. The van der Waals surface area contributed by atoms with Crippen LogP contribution in [0.1, 0.15) is 51.3 Å². The van der Waals surface area contributed by atoms with Crippen LogP contribution in [0, 0.1) is 5.92 Å². The predicted octanol–water partition coefficient (Wildman–Crippen LogP) is 2.86. The zero-order valence-electron chi connectivity index (χ0n) is 10.2. The van der Waals surface area contributed by atoms with Crippen molar-refractivity contribution >= 4 is 0 Å². The summed E-state index contributed by atoms with van der Waals surface area (Å²) in [5.41, 5.74) is 0. The molecule has 2 rings (SSSR count). The van der Waals surface area contributed by atoms with Crippen LogP contribution < -0.4 is 5.32 Å². The number of hydrogen-bond donors (Lipinski definition) is 2. The third-order valence-electron chi connectivity index (χ3n) is 3.78. The van der Waals surface area contributed by atoms with Gasteiger partial charge in [-0.3, -0.25) is 0 Å². The third kappa shape index (κ3) is 3.34. The van der Waals surface area contributed by atoms with Gasteiger partial charge in [-0.2, -0.15) is 0 Å². The predicted molar refractivity (Wildman–Crippen MR) is 66.1 cm³/mol. The van der Waals surface area contributed by atoms with E-state index in [-0.39, 0.29) is 0 Å². The summed E-state index contributed by atoms with van der Waals surface area (Å²) in [4.78, 5) is 7.38. The van der Waals surface area contributed by atoms with Gasteiger partial charge in [-0.15, -0.1) is 0 Å². The van der Waals surface area contributed by atoms with Gasteiger partial charge < -0.3 is 10.3 Å². The van der Waals surface area contributed by atoms with E-state index in [0.29, 0.717) is 6.04 Å². The summed E-state index contributed by atoms with van der Waals surface area (Å²) in [6.45, 7) is 3.20. The van der Waals surface area contributed by atoms with E-state index in [4.69, 9.17) is 0 Å². The molecule has 0 amide bonds. The fourth-order valence-electron chi connectivity index (χ4n) is 2.63. The molecule has 1 saturated carbocycles. The highest BCUT2D eigenvalue weighted by Crippen LogP contribution is 2.25. The highest BCUT2D eigenvalue weighted by molar-refractivity contribution is 4.87. The second kappa shape index (κ2) is 6.04. The van der Waals surface area contributed by atoms with E-state index < -0.39 is 0 Å². The Balaban J connectivity index is 1.73. The molecular formula is C13H23N3. The molecule has 90 valence electrons. The monoisotopic (exact) mass is 221 g/mol. The summed E-state index contributed by atoms with van der Waals surface area (Å²) in [6.07, 6.45) is 11.9. The number of H-pyrrole nitrogens is 1. The Morgan fingerprint density at radius 3 is 3.06 bits per heavy atom. The number of hydrogen-bond acceptors (Lipinski definition) is 2. The van der Waals surface area contributed by atoms with E-state index in [1.54, 1.807) is 0 Å². The smallest absolute Gasteiger partial charge is 0.120 e. The van der Waals surface area contributed by atoms with E-state index >= 15 is 0 Å². The van der Waals surface area contributed by atoms with Crippen molar-refractivity contribution in [3.05, 3.63) is 18.2 Å². The molecule has 1 aliphatic rings. The summed E-state index contributed by atoms with van der Waals surface area (Å²) in [6, 6.07) is 0.696. The molecule has 3 nitrogen and oxygen atoms in total. The molecule has 2 unspecified atom stereocenters. The number of aromatic amines is 1. The molecule has 1 fully saturated rings. The molecule has 0 aliphatic heterocycles. The molecular weight excluding hydrogens is 198 g/mol. The summed E-state index contributed by atoms with van der Waals surface area (Å²) >= 11 is 0. The van der Waals surface area contributed by atoms with E-state index in [2.05, 4.69) is 22.2 Å². The lowest BCUT2D eigenvalue weighted by Crippen LogP contribution is -2.28. The molecule has 0 bridgehead atoms. The first-order valence-electron chi connectivity index (χ1n) is 6.60. The van der Waals surface area contributed by atoms with Gasteiger partial charge in [0, 0.05) is 18.4 Å². The lowest BCUT2D eigenvalue weighted by molar-refractivity contribution is 0.423. The molecule has 3 heteroatoms. The van der Waals surface area contributed by atoms with Crippen LogP contribution in [0.5, 0.6) is 0 Å². The lowest BCUT2D eigenvalue weighted by atomic mass is 9.98. The van der Waals surface area contributed by atoms with Gasteiger partial charge in [0.15, 0.2) is 0 Å². The Hall–Kier alpha value is -0.830. The van der Waals surface area contributed by atoms with Gasteiger partial charge in [-0.1, -0.05) is 26.2 Å². The second-order valence-electron chi connectivity index (χ2n) is 4.90. The number of aromatic nitrogens is 2. The summed E-state index contributed by atoms with van der Waals surface area (Å²) < 4.78 is 0. The first-order valence-corrected chi connectivity index (χ1v) is 6.60. The van der Waals surface area contributed by atoms with Crippen LogP contribution in [0.4, 0.5) is 0 Å². The van der Waals surface area contributed by atoms with Gasteiger partial charge >= 0.3 is 0 Å². The highest BCUT2D eigenvalue weighted by atomic mass is 15.0. The molecule has 1 aromatic rings. The van der Waals surface area contributed by atoms with Crippen LogP contribution in [0.3, 0.4) is 0 Å². The molecule has 0 spiro atoms. The highest BCUT2D eigenvalue weighted by Gasteiger charge is 2.17. The number of rotatable bonds is 4. The van der Waals surface area contributed by atoms with Crippen LogP contribution >= 0.6 is 0 Å². The Morgan fingerprint density at radius 2 is 2.31 bits per heavy atom. The van der Waals surface area contributed by atoms with Crippen LogP contribution in [0.15, 0.2) is 12.4 Å². The normalized spacial score (nSPS) is 26.6. The SMILES string of the molecule is CCC1CCCC(NCc2ncc[nH]2)CC1. The molecule has 2 N–H and O–H groups in total. The molecule has 0 radical (unpaired) electrons. The fraction of sp³-hybridized carbons (Fsp3) is 0.769. The topological polar surface area (TPSA) is 40.7 Å². The van der Waals surface area contributed by atoms with Crippen molar-refractivity contribution in [1.82, 2.24) is 15.3 Å². The molecule has 1 aromatic heterocycles. The van der Waals surface area contributed by atoms with Crippen molar-refractivity contribution in [3.63, 3.8) is 0 Å². The molecule has 0 saturated heterocycles. The van der Waals surface area contributed by atoms with E-state index in [1.807, 2.05) is 12.4 Å². The maximum absolute atomic E-state index is 4.24. The van der Waals surface area contributed by atoms with E-state index in [9.17, 15) is 0 Å². The third-order valence-corrected chi connectivity index (χ3v) is 3.78. The molecule has 16 heavy (non-hydrogen) atoms. The van der Waals surface area contributed by atoms with Crippen molar-refractivity contribution in [2.75, 3.05) is 0 Å². The fourth-order valence-corrected chi connectivity index (χ4v) is 2.63. The molecule has 0 aromatic carbocycles. The van der Waals surface area contributed by atoms with E-state index in [1.165, 1.54) is 38.5 Å². The van der Waals surface area contributed by atoms with Crippen LogP contribution in [0.25, 0.3) is 0 Å². The molecule has 2 atom stereocenters. The average Bonchev–Trinajstić information content (AvgIpc) is 2.72. The van der Waals surface area contributed by atoms with Crippen molar-refractivity contribution in [2.45, 2.75) is 58.0 Å². The Kier molecular flexibility index (Phi) is 4.40. The minimum atomic E-state index is 0.696. The second-order valence-corrected chi connectivity index (χ2v) is 4.90. The minimum Gasteiger partial charge on any atom is -0.348 e. The molecule has 1 heterocycles. The van der Waals surface area contributed by atoms with Crippen LogP contribution in [-0.4, -0.2) is 16.0 Å². The summed E-state index contributed by atoms with van der Waals surface area (Å²) in [5, 5.41) is 3.61. The van der Waals surface area contributed by atoms with Crippen molar-refractivity contribution in [3.8, 4) is 0 Å². The largest absolute Gasteiger partial charge is 0.348 e. The van der Waals surface area contributed by atoms with Gasteiger partial charge in [-0.25, -0.2) is 4.98 Å². The lowest BCUT2D eigenvalue weighted by Gasteiger charge is -2.15. The van der Waals surface area contributed by atoms with Gasteiger partial charge in [0.05, 0.1) is 6.54 Å². The van der Waals surface area contributed by atoms with Gasteiger partial charge in [0.2, 0.25) is 0 Å². The Labute approximate surface area is 98.1 Å². The van der Waals surface area contributed by atoms with Crippen LogP contribution in [0.2, 0.25) is 0 Å². The first-order chi connectivity index (χ1) is 7.88. The van der Waals surface area contributed by atoms with Crippen LogP contribution in [-0.2, 0) is 6.54 Å². The number of nitrogens with zero attached hydrogens (tertiary/aromatic N) is 1. The number of imidazole rings is 1. The Bertz CT molecular complexity index is 281. The zero-order chi connectivity index (χ0) is 11.2. The van der Waals surface area contributed by atoms with Crippen molar-refractivity contribution < 1.29 is 0 Å². The summed E-state index contributed by atoms with van der Waals surface area (Å²) in [7, 11) is 0. The minimum absolute atomic E-state index is 0.696. The summed E-state index contributed by atoms with van der Waals surface area (Å²) in [5.74, 6) is 2.02. The average molecular weight is 221 g/mol. The first kappa shape index (κ1) is 11.6. The maximum Gasteiger partial charge on any atom is 0.120 e. The maximum atomic E-state index is 4.24. The van der Waals surface area contributed by atoms with Crippen molar-refractivity contribution in [2.24, 2.45) is 5.92 Å². The van der Waals surface area contributed by atoms with Gasteiger partial charge in [0.1, 0.15) is 5.82 Å². The Morgan fingerprint density at radius 1 is 1.38 bits per heavy atom. The van der Waals surface area contributed by atoms with Gasteiger partial charge in [-0.05, 0) is 25.2 Å².